The number of anilines is 1. The minimum Gasteiger partial charge on any atom is -0.422 e. The van der Waals surface area contributed by atoms with Crippen LogP contribution in [0.4, 0.5) is 10.8 Å². The van der Waals surface area contributed by atoms with Crippen molar-refractivity contribution in [1.82, 2.24) is 4.98 Å². The van der Waals surface area contributed by atoms with Gasteiger partial charge in [-0.15, -0.1) is 11.3 Å². The lowest BCUT2D eigenvalue weighted by molar-refractivity contribution is -0.384. The zero-order valence-electron chi connectivity index (χ0n) is 14.5. The molecule has 2 heterocycles. The molecule has 0 saturated heterocycles. The van der Waals surface area contributed by atoms with E-state index in [0.29, 0.717) is 32.6 Å². The highest BCUT2D eigenvalue weighted by atomic mass is 35.5. The lowest BCUT2D eigenvalue weighted by Gasteiger charge is -1.99. The molecule has 0 unspecified atom stereocenters. The molecule has 0 radical (unpaired) electrons. The first kappa shape index (κ1) is 18.8. The Balaban J connectivity index is 1.56. The summed E-state index contributed by atoms with van der Waals surface area (Å²) < 4.78 is 5.33. The van der Waals surface area contributed by atoms with Crippen molar-refractivity contribution in [2.75, 3.05) is 5.43 Å². The highest BCUT2D eigenvalue weighted by molar-refractivity contribution is 7.14. The van der Waals surface area contributed by atoms with Gasteiger partial charge in [0.05, 0.1) is 22.4 Å². The quantitative estimate of drug-likeness (QED) is 0.210. The number of hydrazone groups is 1. The Hall–Kier alpha value is -3.56. The van der Waals surface area contributed by atoms with Crippen molar-refractivity contribution < 1.29 is 9.34 Å². The Morgan fingerprint density at radius 2 is 2.07 bits per heavy atom. The number of nitrogens with one attached hydrogen (secondary N) is 1. The van der Waals surface area contributed by atoms with Crippen molar-refractivity contribution in [3.8, 4) is 11.3 Å². The standard InChI is InChI=1S/C19H11ClN4O4S/c20-15-6-5-13(24(26)27)7-12(15)9-21-23-19-22-16(10-29-19)14-8-11-3-1-2-4-17(11)28-18(14)25/h1-10H,(H,22,23)/b21-9+. The van der Waals surface area contributed by atoms with Gasteiger partial charge in [0.15, 0.2) is 0 Å². The van der Waals surface area contributed by atoms with E-state index in [1.807, 2.05) is 12.1 Å². The van der Waals surface area contributed by atoms with Crippen LogP contribution < -0.4 is 11.1 Å². The summed E-state index contributed by atoms with van der Waals surface area (Å²) in [6.45, 7) is 0. The Kier molecular flexibility index (Phi) is 5.07. The van der Waals surface area contributed by atoms with E-state index in [9.17, 15) is 14.9 Å². The van der Waals surface area contributed by atoms with E-state index in [1.165, 1.54) is 35.8 Å². The van der Waals surface area contributed by atoms with Crippen LogP contribution in [0.3, 0.4) is 0 Å². The minimum atomic E-state index is -0.511. The second-order valence-electron chi connectivity index (χ2n) is 5.86. The molecule has 0 amide bonds. The van der Waals surface area contributed by atoms with Crippen LogP contribution >= 0.6 is 22.9 Å². The van der Waals surface area contributed by atoms with Crippen LogP contribution in [0.1, 0.15) is 5.56 Å². The third kappa shape index (κ3) is 4.00. The lowest BCUT2D eigenvalue weighted by Crippen LogP contribution is -2.02. The van der Waals surface area contributed by atoms with Crippen LogP contribution in [0.2, 0.25) is 5.02 Å². The summed E-state index contributed by atoms with van der Waals surface area (Å²) in [5, 5.41) is 18.2. The van der Waals surface area contributed by atoms with E-state index in [-0.39, 0.29) is 5.69 Å². The highest BCUT2D eigenvalue weighted by Crippen LogP contribution is 2.25. The molecular formula is C19H11ClN4O4S. The first-order chi connectivity index (χ1) is 14.0. The van der Waals surface area contributed by atoms with Gasteiger partial charge in [-0.05, 0) is 18.2 Å². The van der Waals surface area contributed by atoms with Crippen molar-refractivity contribution in [2.24, 2.45) is 5.10 Å². The fourth-order valence-electron chi connectivity index (χ4n) is 2.59. The summed E-state index contributed by atoms with van der Waals surface area (Å²) >= 11 is 7.28. The number of nitro benzene ring substituents is 1. The summed E-state index contributed by atoms with van der Waals surface area (Å²) in [4.78, 5) is 26.9. The van der Waals surface area contributed by atoms with Crippen LogP contribution in [-0.4, -0.2) is 16.1 Å². The summed E-state index contributed by atoms with van der Waals surface area (Å²) in [7, 11) is 0. The number of benzene rings is 2. The van der Waals surface area contributed by atoms with E-state index in [1.54, 1.807) is 23.6 Å². The minimum absolute atomic E-state index is 0.0876. The van der Waals surface area contributed by atoms with Gasteiger partial charge in [-0.25, -0.2) is 9.78 Å². The Morgan fingerprint density at radius 3 is 2.90 bits per heavy atom. The van der Waals surface area contributed by atoms with Crippen molar-refractivity contribution in [2.45, 2.75) is 0 Å². The van der Waals surface area contributed by atoms with Crippen LogP contribution in [0.5, 0.6) is 0 Å². The molecule has 0 aliphatic carbocycles. The maximum atomic E-state index is 12.2. The topological polar surface area (TPSA) is 111 Å². The average molecular weight is 427 g/mol. The molecule has 0 aliphatic heterocycles. The third-order valence-electron chi connectivity index (χ3n) is 3.98. The summed E-state index contributed by atoms with van der Waals surface area (Å²) in [5.41, 5.74) is 3.87. The van der Waals surface area contributed by atoms with Gasteiger partial charge in [0.1, 0.15) is 5.58 Å². The predicted octanol–water partition coefficient (Wildman–Crippen LogP) is 4.92. The van der Waals surface area contributed by atoms with Crippen LogP contribution in [0, 0.1) is 10.1 Å². The van der Waals surface area contributed by atoms with Gasteiger partial charge in [0.2, 0.25) is 5.13 Å². The van der Waals surface area contributed by atoms with E-state index in [0.717, 1.165) is 5.39 Å². The van der Waals surface area contributed by atoms with Crippen molar-refractivity contribution >= 4 is 50.9 Å². The van der Waals surface area contributed by atoms with E-state index in [2.05, 4.69) is 15.5 Å². The summed E-state index contributed by atoms with van der Waals surface area (Å²) in [5.74, 6) is 0. The largest absolute Gasteiger partial charge is 0.422 e. The molecule has 144 valence electrons. The molecule has 4 aromatic rings. The molecule has 10 heteroatoms. The molecule has 0 fully saturated rings. The smallest absolute Gasteiger partial charge is 0.345 e. The number of thiazole rings is 1. The molecule has 0 saturated carbocycles. The molecule has 2 aromatic heterocycles. The van der Waals surface area contributed by atoms with E-state index >= 15 is 0 Å². The SMILES string of the molecule is O=c1oc2ccccc2cc1-c1csc(N/N=C/c2cc([N+](=O)[O-])ccc2Cl)n1. The van der Waals surface area contributed by atoms with E-state index < -0.39 is 10.5 Å². The lowest BCUT2D eigenvalue weighted by atomic mass is 10.1. The molecule has 29 heavy (non-hydrogen) atoms. The molecule has 0 aliphatic rings. The van der Waals surface area contributed by atoms with Crippen molar-refractivity contribution in [3.05, 3.63) is 85.0 Å². The first-order valence-corrected chi connectivity index (χ1v) is 9.49. The maximum absolute atomic E-state index is 12.2. The van der Waals surface area contributed by atoms with Gasteiger partial charge in [0.25, 0.3) is 5.69 Å². The number of halogens is 1. The number of para-hydroxylation sites is 1. The number of rotatable bonds is 5. The Labute approximate surface area is 172 Å². The maximum Gasteiger partial charge on any atom is 0.345 e. The second-order valence-corrected chi connectivity index (χ2v) is 7.12. The van der Waals surface area contributed by atoms with Gasteiger partial charge < -0.3 is 4.42 Å². The first-order valence-electron chi connectivity index (χ1n) is 8.23. The normalized spacial score (nSPS) is 11.2. The average Bonchev–Trinajstić information content (AvgIpc) is 3.17. The number of hydrogen-bond donors (Lipinski definition) is 1. The molecule has 4 rings (SSSR count). The fourth-order valence-corrected chi connectivity index (χ4v) is 3.42. The monoisotopic (exact) mass is 426 g/mol. The van der Waals surface area contributed by atoms with Crippen LogP contribution in [0.25, 0.3) is 22.2 Å². The molecule has 0 atom stereocenters. The number of fused-ring (bicyclic) bond motifs is 1. The Morgan fingerprint density at radius 1 is 1.24 bits per heavy atom. The number of nitrogens with zero attached hydrogens (tertiary/aromatic N) is 3. The van der Waals surface area contributed by atoms with Gasteiger partial charge in [-0.1, -0.05) is 29.8 Å². The molecule has 0 spiro atoms. The number of hydrogen-bond acceptors (Lipinski definition) is 8. The van der Waals surface area contributed by atoms with Gasteiger partial charge in [-0.3, -0.25) is 15.5 Å². The van der Waals surface area contributed by atoms with Gasteiger partial charge in [-0.2, -0.15) is 5.10 Å². The molecule has 8 nitrogen and oxygen atoms in total. The van der Waals surface area contributed by atoms with Crippen LogP contribution in [-0.2, 0) is 0 Å². The highest BCUT2D eigenvalue weighted by Gasteiger charge is 2.12. The van der Waals surface area contributed by atoms with Gasteiger partial charge in [0, 0.05) is 33.5 Å². The Bertz CT molecular complexity index is 1320. The molecule has 2 aromatic carbocycles. The van der Waals surface area contributed by atoms with Gasteiger partial charge >= 0.3 is 5.63 Å². The fraction of sp³-hybridized carbons (Fsp3) is 0. The molecular weight excluding hydrogens is 416 g/mol. The number of nitro groups is 1. The van der Waals surface area contributed by atoms with E-state index in [4.69, 9.17) is 16.0 Å². The zero-order valence-corrected chi connectivity index (χ0v) is 16.1. The molecule has 0 bridgehead atoms. The molecule has 1 N–H and O–H groups in total. The van der Waals surface area contributed by atoms with Crippen LogP contribution in [0.15, 0.2) is 68.2 Å². The zero-order chi connectivity index (χ0) is 20.4. The summed E-state index contributed by atoms with van der Waals surface area (Å²) in [6.07, 6.45) is 1.36. The number of non-ortho nitro benzene ring substituents is 1. The number of aromatic nitrogens is 1. The van der Waals surface area contributed by atoms with Crippen molar-refractivity contribution in [1.29, 1.82) is 0 Å². The summed E-state index contributed by atoms with van der Waals surface area (Å²) in [6, 6.07) is 13.0. The van der Waals surface area contributed by atoms with Crippen molar-refractivity contribution in [3.63, 3.8) is 0 Å². The second kappa shape index (κ2) is 7.82. The predicted molar refractivity (Wildman–Crippen MR) is 113 cm³/mol. The third-order valence-corrected chi connectivity index (χ3v) is 5.07.